The van der Waals surface area contributed by atoms with E-state index in [9.17, 15) is 21.6 Å². The zero-order chi connectivity index (χ0) is 15.4. The van der Waals surface area contributed by atoms with E-state index in [0.29, 0.717) is 0 Å². The maximum Gasteiger partial charge on any atom is 0.305 e. The lowest BCUT2D eigenvalue weighted by atomic mass is 9.85. The van der Waals surface area contributed by atoms with Crippen molar-refractivity contribution >= 4 is 30.5 Å². The Kier molecular flexibility index (Phi) is 6.17. The molecule has 0 saturated carbocycles. The lowest BCUT2D eigenvalue weighted by molar-refractivity contribution is -0.119. The molecule has 2 N–H and O–H groups in total. The molecule has 0 bridgehead atoms. The highest BCUT2D eigenvalue weighted by atomic mass is 32.3. The summed E-state index contributed by atoms with van der Waals surface area (Å²) in [7, 11) is -7.91. The Morgan fingerprint density at radius 2 is 1.79 bits per heavy atom. The first kappa shape index (κ1) is 18.1. The summed E-state index contributed by atoms with van der Waals surface area (Å²) in [5.41, 5.74) is -0.377. The van der Waals surface area contributed by atoms with Crippen molar-refractivity contribution in [2.45, 2.75) is 34.1 Å². The van der Waals surface area contributed by atoms with Crippen LogP contribution in [0.4, 0.5) is 0 Å². The highest BCUT2D eigenvalue weighted by Gasteiger charge is 2.32. The van der Waals surface area contributed by atoms with Crippen molar-refractivity contribution in [2.75, 3.05) is 6.54 Å². The molecule has 1 amide bonds. The number of carbonyl (C=O) groups is 1. The SMILES string of the molecule is CC(=O)NCC(CC(C)(C)C)C(=S(=O)=O)S(=O)(=O)O. The Morgan fingerprint density at radius 3 is 2.05 bits per heavy atom. The quantitative estimate of drug-likeness (QED) is 0.560. The number of rotatable bonds is 4. The van der Waals surface area contributed by atoms with Crippen molar-refractivity contribution < 1.29 is 26.2 Å². The van der Waals surface area contributed by atoms with Gasteiger partial charge < -0.3 is 5.32 Å². The van der Waals surface area contributed by atoms with Gasteiger partial charge >= 0.3 is 10.1 Å². The normalized spacial score (nSPS) is 13.7. The van der Waals surface area contributed by atoms with Crippen molar-refractivity contribution in [3.05, 3.63) is 0 Å². The molecule has 0 rings (SSSR count). The molecule has 7 nitrogen and oxygen atoms in total. The molecule has 0 aromatic heterocycles. The molecule has 0 aliphatic carbocycles. The molecule has 1 unspecified atom stereocenters. The third kappa shape index (κ3) is 7.28. The molecule has 0 aliphatic rings. The van der Waals surface area contributed by atoms with E-state index in [1.165, 1.54) is 6.92 Å². The van der Waals surface area contributed by atoms with Crippen molar-refractivity contribution in [1.29, 1.82) is 0 Å². The Labute approximate surface area is 114 Å². The molecular weight excluding hydrogens is 294 g/mol. The third-order valence-corrected chi connectivity index (χ3v) is 4.75. The Balaban J connectivity index is 5.57. The monoisotopic (exact) mass is 313 g/mol. The van der Waals surface area contributed by atoms with Gasteiger partial charge in [-0.2, -0.15) is 16.8 Å². The molecule has 0 aromatic carbocycles. The van der Waals surface area contributed by atoms with Gasteiger partial charge in [0.25, 0.3) is 0 Å². The first-order valence-corrected chi connectivity index (χ1v) is 8.04. The summed E-state index contributed by atoms with van der Waals surface area (Å²) < 4.78 is 52.4. The fourth-order valence-electron chi connectivity index (χ4n) is 1.68. The van der Waals surface area contributed by atoms with Gasteiger partial charge in [-0.3, -0.25) is 9.35 Å². The van der Waals surface area contributed by atoms with Crippen LogP contribution < -0.4 is 5.32 Å². The summed E-state index contributed by atoms with van der Waals surface area (Å²) in [6, 6.07) is 0. The number of nitrogens with one attached hydrogen (secondary N) is 1. The van der Waals surface area contributed by atoms with E-state index < -0.39 is 36.4 Å². The molecule has 1 atom stereocenters. The topological polar surface area (TPSA) is 118 Å². The predicted octanol–water partition coefficient (Wildman–Crippen LogP) is 0.0717. The predicted molar refractivity (Wildman–Crippen MR) is 71.7 cm³/mol. The minimum absolute atomic E-state index is 0.171. The molecule has 0 heterocycles. The number of carbonyl (C=O) groups excluding carboxylic acids is 1. The molecule has 0 fully saturated rings. The fraction of sp³-hybridized carbons (Fsp3) is 0.800. The summed E-state index contributed by atoms with van der Waals surface area (Å²) in [4.78, 5) is 10.9. The highest BCUT2D eigenvalue weighted by molar-refractivity contribution is 8.12. The van der Waals surface area contributed by atoms with Crippen LogP contribution in [0.25, 0.3) is 0 Å². The van der Waals surface area contributed by atoms with Crippen LogP contribution in [0.1, 0.15) is 34.1 Å². The van der Waals surface area contributed by atoms with E-state index in [-0.39, 0.29) is 18.4 Å². The zero-order valence-electron chi connectivity index (χ0n) is 11.3. The van der Waals surface area contributed by atoms with Gasteiger partial charge in [0.05, 0.1) is 0 Å². The van der Waals surface area contributed by atoms with Crippen LogP contribution in [-0.2, 0) is 25.2 Å². The van der Waals surface area contributed by atoms with Crippen LogP contribution in [-0.4, -0.2) is 38.0 Å². The van der Waals surface area contributed by atoms with Crippen LogP contribution in [0.5, 0.6) is 0 Å². The fourth-order valence-corrected chi connectivity index (χ4v) is 3.39. The van der Waals surface area contributed by atoms with Gasteiger partial charge in [0, 0.05) is 19.4 Å². The summed E-state index contributed by atoms with van der Waals surface area (Å²) in [6.45, 7) is 6.44. The van der Waals surface area contributed by atoms with Crippen LogP contribution in [0.3, 0.4) is 0 Å². The second-order valence-corrected chi connectivity index (χ2v) is 7.99. The van der Waals surface area contributed by atoms with E-state index in [0.717, 1.165) is 0 Å². The lowest BCUT2D eigenvalue weighted by Crippen LogP contribution is -2.37. The molecule has 19 heavy (non-hydrogen) atoms. The average molecular weight is 313 g/mol. The van der Waals surface area contributed by atoms with Crippen molar-refractivity contribution in [3.8, 4) is 0 Å². The van der Waals surface area contributed by atoms with E-state index in [2.05, 4.69) is 5.32 Å². The van der Waals surface area contributed by atoms with Gasteiger partial charge in [-0.25, -0.2) is 0 Å². The van der Waals surface area contributed by atoms with E-state index in [4.69, 9.17) is 4.55 Å². The summed E-state index contributed by atoms with van der Waals surface area (Å²) >= 11 is 0. The van der Waals surface area contributed by atoms with Crippen molar-refractivity contribution in [2.24, 2.45) is 11.3 Å². The Morgan fingerprint density at radius 1 is 1.32 bits per heavy atom. The molecule has 0 saturated heterocycles. The lowest BCUT2D eigenvalue weighted by Gasteiger charge is -2.25. The maximum absolute atomic E-state index is 11.2. The smallest absolute Gasteiger partial charge is 0.305 e. The van der Waals surface area contributed by atoms with Gasteiger partial charge in [0.1, 0.15) is 0 Å². The minimum Gasteiger partial charge on any atom is -0.356 e. The number of hydrogen-bond acceptors (Lipinski definition) is 5. The van der Waals surface area contributed by atoms with Gasteiger partial charge in [-0.15, -0.1) is 0 Å². The highest BCUT2D eigenvalue weighted by Crippen LogP contribution is 2.26. The van der Waals surface area contributed by atoms with Crippen LogP contribution in [0.2, 0.25) is 0 Å². The van der Waals surface area contributed by atoms with E-state index >= 15 is 0 Å². The molecule has 0 spiro atoms. The van der Waals surface area contributed by atoms with Crippen molar-refractivity contribution in [3.63, 3.8) is 0 Å². The largest absolute Gasteiger partial charge is 0.356 e. The summed E-state index contributed by atoms with van der Waals surface area (Å²) in [5, 5.41) is 2.37. The van der Waals surface area contributed by atoms with Crippen LogP contribution in [0.15, 0.2) is 0 Å². The molecular formula is C10H19NO6S2. The van der Waals surface area contributed by atoms with Crippen LogP contribution in [0, 0.1) is 11.3 Å². The average Bonchev–Trinajstić information content (AvgIpc) is 2.08. The van der Waals surface area contributed by atoms with Crippen molar-refractivity contribution in [1.82, 2.24) is 5.32 Å². The molecule has 112 valence electrons. The van der Waals surface area contributed by atoms with Gasteiger partial charge in [0.15, 0.2) is 4.20 Å². The van der Waals surface area contributed by atoms with Crippen LogP contribution >= 0.6 is 0 Å². The van der Waals surface area contributed by atoms with Gasteiger partial charge in [-0.05, 0) is 11.8 Å². The Bertz CT molecular complexity index is 560. The molecule has 0 radical (unpaired) electrons. The minimum atomic E-state index is -4.83. The Hall–Kier alpha value is -0.930. The number of amides is 1. The van der Waals surface area contributed by atoms with E-state index in [1.807, 2.05) is 0 Å². The maximum atomic E-state index is 11.2. The van der Waals surface area contributed by atoms with Gasteiger partial charge in [0.2, 0.25) is 16.2 Å². The first-order chi connectivity index (χ1) is 8.34. The molecule has 9 heteroatoms. The molecule has 0 aromatic rings. The standard InChI is InChI=1S/C10H19NO6S2/c1-7(12)11-6-8(5-10(2,3)4)9(18(13)14)19(15,16)17/h8H,5-6H2,1-4H3,(H,11,12)(H,15,16,17). The second-order valence-electron chi connectivity index (χ2n) is 5.43. The number of hydrogen-bond donors (Lipinski definition) is 2. The summed E-state index contributed by atoms with van der Waals surface area (Å²) in [5.74, 6) is -1.41. The van der Waals surface area contributed by atoms with E-state index in [1.54, 1.807) is 20.8 Å². The molecule has 0 aliphatic heterocycles. The third-order valence-electron chi connectivity index (χ3n) is 2.21. The summed E-state index contributed by atoms with van der Waals surface area (Å²) in [6.07, 6.45) is 0.177. The first-order valence-electron chi connectivity index (χ1n) is 5.52. The van der Waals surface area contributed by atoms with Gasteiger partial charge in [-0.1, -0.05) is 20.8 Å². The zero-order valence-corrected chi connectivity index (χ0v) is 12.9. The second kappa shape index (κ2) is 6.49.